The van der Waals surface area contributed by atoms with E-state index >= 15 is 0 Å². The number of aliphatic hydroxyl groups is 1. The summed E-state index contributed by atoms with van der Waals surface area (Å²) in [6, 6.07) is 11.0. The van der Waals surface area contributed by atoms with Crippen molar-refractivity contribution in [3.63, 3.8) is 0 Å². The van der Waals surface area contributed by atoms with Gasteiger partial charge in [-0.1, -0.05) is 49.7 Å². The highest BCUT2D eigenvalue weighted by Gasteiger charge is 2.42. The van der Waals surface area contributed by atoms with Crippen LogP contribution in [0.4, 0.5) is 0 Å². The number of fused-ring (bicyclic) bond motifs is 1. The van der Waals surface area contributed by atoms with Crippen molar-refractivity contribution in [3.8, 4) is 17.0 Å². The Morgan fingerprint density at radius 1 is 1.23 bits per heavy atom. The van der Waals surface area contributed by atoms with Crippen LogP contribution >= 0.6 is 11.6 Å². The Kier molecular flexibility index (Phi) is 5.30. The smallest absolute Gasteiger partial charge is 0.273 e. The molecule has 30 heavy (non-hydrogen) atoms. The minimum atomic E-state index is -0.422. The van der Waals surface area contributed by atoms with Crippen LogP contribution in [0.25, 0.3) is 11.3 Å². The van der Waals surface area contributed by atoms with Gasteiger partial charge in [0.15, 0.2) is 0 Å². The van der Waals surface area contributed by atoms with E-state index < -0.39 is 6.04 Å². The lowest BCUT2D eigenvalue weighted by Gasteiger charge is -2.26. The fourth-order valence-corrected chi connectivity index (χ4v) is 4.17. The molecule has 4 rings (SSSR count). The fourth-order valence-electron chi connectivity index (χ4n) is 4.01. The van der Waals surface area contributed by atoms with E-state index in [9.17, 15) is 15.0 Å². The molecule has 0 bridgehead atoms. The molecule has 1 amide bonds. The summed E-state index contributed by atoms with van der Waals surface area (Å²) in [7, 11) is 0. The largest absolute Gasteiger partial charge is 0.507 e. The van der Waals surface area contributed by atoms with E-state index in [-0.39, 0.29) is 24.8 Å². The van der Waals surface area contributed by atoms with Crippen molar-refractivity contribution in [2.24, 2.45) is 0 Å². The van der Waals surface area contributed by atoms with Gasteiger partial charge in [-0.2, -0.15) is 5.10 Å². The first-order valence-electron chi connectivity index (χ1n) is 9.92. The molecule has 0 saturated heterocycles. The van der Waals surface area contributed by atoms with Gasteiger partial charge in [0.05, 0.1) is 12.6 Å². The average molecular weight is 426 g/mol. The summed E-state index contributed by atoms with van der Waals surface area (Å²) < 4.78 is 0. The molecular formula is C23H24ClN3O3. The number of β-amino-alcohol motifs (C(OH)–C–C–N with tert-alkyl or cyclic N) is 1. The molecule has 1 aromatic heterocycles. The van der Waals surface area contributed by atoms with E-state index in [0.717, 1.165) is 11.1 Å². The lowest BCUT2D eigenvalue weighted by atomic mass is 9.93. The minimum absolute atomic E-state index is 0.0492. The quantitative estimate of drug-likeness (QED) is 0.565. The molecular weight excluding hydrogens is 402 g/mol. The Morgan fingerprint density at radius 3 is 2.57 bits per heavy atom. The molecule has 2 heterocycles. The number of hydrogen-bond acceptors (Lipinski definition) is 4. The number of phenolic OH excluding ortho intramolecular Hbond substituents is 1. The summed E-state index contributed by atoms with van der Waals surface area (Å²) in [6.45, 7) is 6.11. The van der Waals surface area contributed by atoms with Crippen LogP contribution in [0.15, 0.2) is 36.4 Å². The molecule has 6 nitrogen and oxygen atoms in total. The molecule has 156 valence electrons. The normalized spacial score (nSPS) is 15.9. The fraction of sp³-hybridized carbons (Fsp3) is 0.304. The summed E-state index contributed by atoms with van der Waals surface area (Å²) in [5, 5.41) is 27.8. The van der Waals surface area contributed by atoms with Crippen LogP contribution in [0.2, 0.25) is 5.02 Å². The number of benzene rings is 2. The van der Waals surface area contributed by atoms with Crippen LogP contribution in [0, 0.1) is 6.92 Å². The predicted octanol–water partition coefficient (Wildman–Crippen LogP) is 4.41. The van der Waals surface area contributed by atoms with E-state index in [1.807, 2.05) is 19.1 Å². The number of nitrogens with one attached hydrogen (secondary N) is 1. The average Bonchev–Trinajstić information content (AvgIpc) is 3.25. The van der Waals surface area contributed by atoms with Crippen molar-refractivity contribution >= 4 is 17.5 Å². The highest BCUT2D eigenvalue weighted by molar-refractivity contribution is 6.31. The first kappa shape index (κ1) is 20.4. The van der Waals surface area contributed by atoms with Gasteiger partial charge in [-0.25, -0.2) is 0 Å². The number of aromatic hydroxyl groups is 1. The standard InChI is InChI=1S/C23H24ClN3O3/c1-12(2)14-4-6-15(7-5-14)22-19-20(16-11-17(24)13(3)10-18(16)29)25-26-21(19)23(30)27(22)8-9-28/h4-7,10-12,22,28-29H,8-9H2,1-3H3,(H,25,26). The zero-order valence-corrected chi connectivity index (χ0v) is 17.9. The van der Waals surface area contributed by atoms with E-state index in [1.54, 1.807) is 17.0 Å². The number of amides is 1. The van der Waals surface area contributed by atoms with Crippen LogP contribution < -0.4 is 0 Å². The third-order valence-corrected chi connectivity index (χ3v) is 6.06. The molecule has 3 aromatic rings. The molecule has 1 aliphatic heterocycles. The monoisotopic (exact) mass is 425 g/mol. The molecule has 1 unspecified atom stereocenters. The maximum atomic E-state index is 13.1. The van der Waals surface area contributed by atoms with Gasteiger partial charge < -0.3 is 15.1 Å². The number of H-pyrrole nitrogens is 1. The van der Waals surface area contributed by atoms with Crippen LogP contribution in [-0.4, -0.2) is 44.4 Å². The number of hydrogen-bond donors (Lipinski definition) is 3. The van der Waals surface area contributed by atoms with Crippen LogP contribution in [-0.2, 0) is 0 Å². The Hall–Kier alpha value is -2.83. The van der Waals surface area contributed by atoms with Crippen LogP contribution in [0.1, 0.15) is 58.5 Å². The molecule has 0 aliphatic carbocycles. The summed E-state index contributed by atoms with van der Waals surface area (Å²) in [5.74, 6) is 0.214. The van der Waals surface area contributed by atoms with Gasteiger partial charge in [0.2, 0.25) is 0 Å². The van der Waals surface area contributed by atoms with E-state index in [4.69, 9.17) is 11.6 Å². The molecule has 1 aliphatic rings. The third-order valence-electron chi connectivity index (χ3n) is 5.66. The molecule has 3 N–H and O–H groups in total. The Balaban J connectivity index is 1.89. The topological polar surface area (TPSA) is 89.5 Å². The van der Waals surface area contributed by atoms with Gasteiger partial charge >= 0.3 is 0 Å². The third kappa shape index (κ3) is 3.26. The number of rotatable bonds is 5. The number of aromatic amines is 1. The number of aryl methyl sites for hydroxylation is 1. The molecule has 7 heteroatoms. The second kappa shape index (κ2) is 7.78. The van der Waals surface area contributed by atoms with Gasteiger partial charge in [0.25, 0.3) is 5.91 Å². The summed E-state index contributed by atoms with van der Waals surface area (Å²) in [6.07, 6.45) is 0. The number of halogens is 1. The molecule has 0 spiro atoms. The summed E-state index contributed by atoms with van der Waals surface area (Å²) >= 11 is 6.30. The SMILES string of the molecule is Cc1cc(O)c(-c2n[nH]c3c2C(c2ccc(C(C)C)cc2)N(CCO)C3=O)cc1Cl. The molecule has 0 saturated carbocycles. The number of carbonyl (C=O) groups excluding carboxylic acids is 1. The lowest BCUT2D eigenvalue weighted by Crippen LogP contribution is -2.32. The van der Waals surface area contributed by atoms with E-state index in [0.29, 0.717) is 33.5 Å². The van der Waals surface area contributed by atoms with Crippen LogP contribution in [0.5, 0.6) is 5.75 Å². The lowest BCUT2D eigenvalue weighted by molar-refractivity contribution is 0.0706. The number of phenols is 1. The maximum Gasteiger partial charge on any atom is 0.273 e. The van der Waals surface area contributed by atoms with Crippen molar-refractivity contribution in [2.75, 3.05) is 13.2 Å². The predicted molar refractivity (Wildman–Crippen MR) is 116 cm³/mol. The maximum absolute atomic E-state index is 13.1. The van der Waals surface area contributed by atoms with E-state index in [1.165, 1.54) is 5.56 Å². The van der Waals surface area contributed by atoms with Crippen molar-refractivity contribution in [1.29, 1.82) is 0 Å². The highest BCUT2D eigenvalue weighted by Crippen LogP contribution is 2.45. The zero-order chi connectivity index (χ0) is 21.6. The molecule has 0 fully saturated rings. The second-order valence-corrected chi connectivity index (χ2v) is 8.33. The van der Waals surface area contributed by atoms with Crippen molar-refractivity contribution < 1.29 is 15.0 Å². The van der Waals surface area contributed by atoms with Crippen molar-refractivity contribution in [2.45, 2.75) is 32.7 Å². The van der Waals surface area contributed by atoms with Gasteiger partial charge in [-0.3, -0.25) is 9.89 Å². The van der Waals surface area contributed by atoms with Gasteiger partial charge in [0, 0.05) is 22.7 Å². The summed E-state index contributed by atoms with van der Waals surface area (Å²) in [5.41, 5.74) is 4.87. The van der Waals surface area contributed by atoms with Crippen LogP contribution in [0.3, 0.4) is 0 Å². The van der Waals surface area contributed by atoms with Crippen molar-refractivity contribution in [1.82, 2.24) is 15.1 Å². The van der Waals surface area contributed by atoms with Crippen molar-refractivity contribution in [3.05, 3.63) is 69.4 Å². The number of carbonyl (C=O) groups is 1. The Labute approximate surface area is 180 Å². The number of nitrogens with zero attached hydrogens (tertiary/aromatic N) is 2. The molecule has 0 radical (unpaired) electrons. The van der Waals surface area contributed by atoms with Gasteiger partial charge in [-0.05, 0) is 41.7 Å². The first-order chi connectivity index (χ1) is 14.3. The minimum Gasteiger partial charge on any atom is -0.507 e. The zero-order valence-electron chi connectivity index (χ0n) is 17.1. The summed E-state index contributed by atoms with van der Waals surface area (Å²) in [4.78, 5) is 14.7. The highest BCUT2D eigenvalue weighted by atomic mass is 35.5. The van der Waals surface area contributed by atoms with E-state index in [2.05, 4.69) is 36.2 Å². The number of aliphatic hydroxyl groups excluding tert-OH is 1. The molecule has 1 atom stereocenters. The first-order valence-corrected chi connectivity index (χ1v) is 10.3. The molecule has 2 aromatic carbocycles. The number of aromatic nitrogens is 2. The Bertz CT molecular complexity index is 1110. The van der Waals surface area contributed by atoms with Gasteiger partial charge in [0.1, 0.15) is 17.1 Å². The Morgan fingerprint density at radius 2 is 1.93 bits per heavy atom. The second-order valence-electron chi connectivity index (χ2n) is 7.93. The van der Waals surface area contributed by atoms with Gasteiger partial charge in [-0.15, -0.1) is 0 Å².